The zero-order valence-corrected chi connectivity index (χ0v) is 16.5. The maximum atomic E-state index is 13.1. The van der Waals surface area contributed by atoms with Gasteiger partial charge in [-0.25, -0.2) is 0 Å². The second-order valence-corrected chi connectivity index (χ2v) is 7.95. The first kappa shape index (κ1) is 20.3. The monoisotopic (exact) mass is 358 g/mol. The summed E-state index contributed by atoms with van der Waals surface area (Å²) in [4.78, 5) is 37.3. The van der Waals surface area contributed by atoms with Gasteiger partial charge in [0.2, 0.25) is 0 Å². The standard InChI is InChI=1S/C22H30O4/c1-12(2)17-8-7-13(3)21(25)18-10-15(5)22(26-16(6)23)19(18)9-14(4)20(24)11-17/h7-9,13-15,17-18,22H,1,10-11H2,2-6H3/b8-7-,19-9?/t13-,14+,15+,17+,18-,22+/m0/s1. The molecule has 0 saturated heterocycles. The highest BCUT2D eigenvalue weighted by atomic mass is 16.5. The normalized spacial score (nSPS) is 36.6. The van der Waals surface area contributed by atoms with Gasteiger partial charge < -0.3 is 4.74 Å². The number of rotatable bonds is 2. The summed E-state index contributed by atoms with van der Waals surface area (Å²) in [6.45, 7) is 13.0. The van der Waals surface area contributed by atoms with Crippen molar-refractivity contribution in [3.05, 3.63) is 36.0 Å². The molecule has 0 N–H and O–H groups in total. The minimum absolute atomic E-state index is 0.0558. The molecule has 0 aliphatic heterocycles. The van der Waals surface area contributed by atoms with Crippen molar-refractivity contribution in [2.75, 3.05) is 0 Å². The van der Waals surface area contributed by atoms with Gasteiger partial charge in [0, 0.05) is 37.0 Å². The van der Waals surface area contributed by atoms with Gasteiger partial charge in [0.1, 0.15) is 17.7 Å². The Kier molecular flexibility index (Phi) is 6.38. The predicted octanol–water partition coefficient (Wildman–Crippen LogP) is 4.06. The Bertz CT molecular complexity index is 670. The molecule has 0 aromatic heterocycles. The number of allylic oxidation sites excluding steroid dienone is 4. The number of ketones is 2. The molecular formula is C22H30O4. The third-order valence-electron chi connectivity index (χ3n) is 5.58. The number of carbonyl (C=O) groups is 3. The zero-order valence-electron chi connectivity index (χ0n) is 16.5. The zero-order chi connectivity index (χ0) is 19.6. The van der Waals surface area contributed by atoms with Crippen LogP contribution in [-0.2, 0) is 19.1 Å². The number of ether oxygens (including phenoxy) is 1. The Labute approximate surface area is 156 Å². The highest BCUT2D eigenvalue weighted by Crippen LogP contribution is 2.41. The van der Waals surface area contributed by atoms with Crippen molar-refractivity contribution in [3.63, 3.8) is 0 Å². The van der Waals surface area contributed by atoms with Crippen LogP contribution in [0.3, 0.4) is 0 Å². The van der Waals surface area contributed by atoms with Crippen LogP contribution in [0.25, 0.3) is 0 Å². The molecule has 6 atom stereocenters. The fourth-order valence-electron chi connectivity index (χ4n) is 3.92. The van der Waals surface area contributed by atoms with Crippen molar-refractivity contribution in [1.82, 2.24) is 0 Å². The number of hydrogen-bond donors (Lipinski definition) is 0. The first-order valence-electron chi connectivity index (χ1n) is 9.40. The lowest BCUT2D eigenvalue weighted by molar-refractivity contribution is -0.146. The summed E-state index contributed by atoms with van der Waals surface area (Å²) in [5.74, 6) is -1.01. The Balaban J connectivity index is 2.47. The van der Waals surface area contributed by atoms with Crippen LogP contribution >= 0.6 is 0 Å². The molecule has 0 radical (unpaired) electrons. The third kappa shape index (κ3) is 4.40. The number of carbonyl (C=O) groups excluding carboxylic acids is 3. The van der Waals surface area contributed by atoms with Crippen LogP contribution in [0.2, 0.25) is 0 Å². The van der Waals surface area contributed by atoms with E-state index in [9.17, 15) is 14.4 Å². The van der Waals surface area contributed by atoms with Crippen molar-refractivity contribution in [1.29, 1.82) is 0 Å². The molecule has 2 aliphatic carbocycles. The summed E-state index contributed by atoms with van der Waals surface area (Å²) in [5, 5.41) is 0. The molecule has 0 spiro atoms. The van der Waals surface area contributed by atoms with Crippen molar-refractivity contribution >= 4 is 17.5 Å². The molecule has 142 valence electrons. The second kappa shape index (κ2) is 8.15. The van der Waals surface area contributed by atoms with E-state index in [2.05, 4.69) is 6.58 Å². The minimum Gasteiger partial charge on any atom is -0.458 e. The van der Waals surface area contributed by atoms with Crippen LogP contribution in [0, 0.1) is 29.6 Å². The van der Waals surface area contributed by atoms with E-state index < -0.39 is 6.10 Å². The molecule has 2 rings (SSSR count). The molecule has 0 unspecified atom stereocenters. The fraction of sp³-hybridized carbons (Fsp3) is 0.591. The van der Waals surface area contributed by atoms with Crippen LogP contribution in [0.15, 0.2) is 36.0 Å². The molecule has 0 aromatic carbocycles. The average molecular weight is 358 g/mol. The highest BCUT2D eigenvalue weighted by molar-refractivity contribution is 5.89. The van der Waals surface area contributed by atoms with Crippen molar-refractivity contribution < 1.29 is 19.1 Å². The van der Waals surface area contributed by atoms with Gasteiger partial charge in [-0.2, -0.15) is 0 Å². The van der Waals surface area contributed by atoms with Crippen LogP contribution < -0.4 is 0 Å². The molecule has 4 heteroatoms. The van der Waals surface area contributed by atoms with Crippen LogP contribution in [0.5, 0.6) is 0 Å². The predicted molar refractivity (Wildman–Crippen MR) is 101 cm³/mol. The molecule has 2 aliphatic rings. The van der Waals surface area contributed by atoms with Crippen LogP contribution in [-0.4, -0.2) is 23.6 Å². The Morgan fingerprint density at radius 2 is 1.77 bits per heavy atom. The largest absolute Gasteiger partial charge is 0.458 e. The number of Topliss-reactive ketones (excluding diaryl/α,β-unsaturated/α-hetero) is 2. The van der Waals surface area contributed by atoms with Crippen molar-refractivity contribution in [2.45, 2.75) is 53.6 Å². The molecule has 0 amide bonds. The van der Waals surface area contributed by atoms with Gasteiger partial charge in [-0.15, -0.1) is 0 Å². The Morgan fingerprint density at radius 1 is 1.12 bits per heavy atom. The summed E-state index contributed by atoms with van der Waals surface area (Å²) in [6.07, 6.45) is 6.30. The first-order valence-corrected chi connectivity index (χ1v) is 9.40. The Morgan fingerprint density at radius 3 is 2.35 bits per heavy atom. The highest BCUT2D eigenvalue weighted by Gasteiger charge is 2.43. The van der Waals surface area contributed by atoms with Crippen molar-refractivity contribution in [3.8, 4) is 0 Å². The van der Waals surface area contributed by atoms with E-state index in [0.717, 1.165) is 11.1 Å². The van der Waals surface area contributed by atoms with Crippen molar-refractivity contribution in [2.24, 2.45) is 29.6 Å². The Hall–Kier alpha value is -1.97. The van der Waals surface area contributed by atoms with Crippen LogP contribution in [0.4, 0.5) is 0 Å². The van der Waals surface area contributed by atoms with Gasteiger partial charge in [-0.3, -0.25) is 14.4 Å². The van der Waals surface area contributed by atoms with Gasteiger partial charge in [0.15, 0.2) is 0 Å². The molecule has 0 aromatic rings. The van der Waals surface area contributed by atoms with Crippen LogP contribution in [0.1, 0.15) is 47.5 Å². The first-order chi connectivity index (χ1) is 12.1. The molecule has 1 fully saturated rings. The SMILES string of the molecule is C=C(C)[C@@H]1/C=C\[C@H](C)C(=O)[C@H]2C[C@@H](C)[C@@H](OC(C)=O)C2=C[C@@H](C)C(=O)C1. The lowest BCUT2D eigenvalue weighted by Crippen LogP contribution is -2.25. The molecular weight excluding hydrogens is 328 g/mol. The van der Waals surface area contributed by atoms with Gasteiger partial charge in [0.05, 0.1) is 0 Å². The maximum Gasteiger partial charge on any atom is 0.303 e. The second-order valence-electron chi connectivity index (χ2n) is 7.95. The van der Waals surface area contributed by atoms with E-state index in [-0.39, 0.29) is 47.1 Å². The fourth-order valence-corrected chi connectivity index (χ4v) is 3.92. The quantitative estimate of drug-likeness (QED) is 0.552. The molecule has 1 saturated carbocycles. The van der Waals surface area contributed by atoms with Gasteiger partial charge in [-0.05, 0) is 24.8 Å². The average Bonchev–Trinajstić information content (AvgIpc) is 2.84. The number of esters is 1. The number of hydrogen-bond acceptors (Lipinski definition) is 4. The summed E-state index contributed by atoms with van der Waals surface area (Å²) >= 11 is 0. The van der Waals surface area contributed by atoms with E-state index in [1.54, 1.807) is 0 Å². The smallest absolute Gasteiger partial charge is 0.303 e. The summed E-state index contributed by atoms with van der Waals surface area (Å²) in [7, 11) is 0. The lowest BCUT2D eigenvalue weighted by atomic mass is 9.87. The van der Waals surface area contributed by atoms with E-state index >= 15 is 0 Å². The maximum absolute atomic E-state index is 13.1. The van der Waals surface area contributed by atoms with E-state index in [0.29, 0.717) is 12.8 Å². The summed E-state index contributed by atoms with van der Waals surface area (Å²) in [6, 6.07) is 0. The molecule has 0 heterocycles. The molecule has 26 heavy (non-hydrogen) atoms. The summed E-state index contributed by atoms with van der Waals surface area (Å²) < 4.78 is 5.52. The molecule has 0 bridgehead atoms. The number of fused-ring (bicyclic) bond motifs is 1. The van der Waals surface area contributed by atoms with E-state index in [4.69, 9.17) is 4.74 Å². The van der Waals surface area contributed by atoms with Gasteiger partial charge in [0.25, 0.3) is 0 Å². The molecule has 4 nitrogen and oxygen atoms in total. The lowest BCUT2D eigenvalue weighted by Gasteiger charge is -2.20. The third-order valence-corrected chi connectivity index (χ3v) is 5.58. The van der Waals surface area contributed by atoms with E-state index in [1.165, 1.54) is 6.92 Å². The van der Waals surface area contributed by atoms with E-state index in [1.807, 2.05) is 45.9 Å². The van der Waals surface area contributed by atoms with Gasteiger partial charge >= 0.3 is 5.97 Å². The minimum atomic E-state index is -0.425. The topological polar surface area (TPSA) is 60.4 Å². The summed E-state index contributed by atoms with van der Waals surface area (Å²) in [5.41, 5.74) is 1.72. The van der Waals surface area contributed by atoms with Gasteiger partial charge in [-0.1, -0.05) is 51.2 Å².